The molecule has 29 heavy (non-hydrogen) atoms. The van der Waals surface area contributed by atoms with Crippen molar-refractivity contribution in [2.75, 3.05) is 13.1 Å². The predicted molar refractivity (Wildman–Crippen MR) is 105 cm³/mol. The highest BCUT2D eigenvalue weighted by Crippen LogP contribution is 2.42. The second kappa shape index (κ2) is 6.55. The standard InChI is InChI=1S/C22H19N3O4/c26-19(12-25-14-23-18-9-4-2-7-16(18)20(25)27)24-11-5-10-22(13-24)17-8-3-1-6-15(17)21(28)29-22/h1-4,6-9,14H,5,10-13H2. The van der Waals surface area contributed by atoms with Gasteiger partial charge in [0, 0.05) is 12.1 Å². The highest BCUT2D eigenvalue weighted by Gasteiger charge is 2.48. The fourth-order valence-electron chi connectivity index (χ4n) is 4.35. The first kappa shape index (κ1) is 17.6. The minimum absolute atomic E-state index is 0.0949. The maximum Gasteiger partial charge on any atom is 0.339 e. The molecular weight excluding hydrogens is 370 g/mol. The zero-order valence-corrected chi connectivity index (χ0v) is 15.7. The molecule has 0 radical (unpaired) electrons. The Hall–Kier alpha value is -3.48. The Labute approximate surface area is 166 Å². The van der Waals surface area contributed by atoms with E-state index in [9.17, 15) is 14.4 Å². The Bertz CT molecular complexity index is 1200. The van der Waals surface area contributed by atoms with Gasteiger partial charge in [-0.3, -0.25) is 14.2 Å². The topological polar surface area (TPSA) is 81.5 Å². The summed E-state index contributed by atoms with van der Waals surface area (Å²) in [6.07, 6.45) is 2.81. The molecule has 1 spiro atoms. The monoisotopic (exact) mass is 389 g/mol. The third kappa shape index (κ3) is 2.81. The van der Waals surface area contributed by atoms with Gasteiger partial charge in [-0.1, -0.05) is 30.3 Å². The van der Waals surface area contributed by atoms with Crippen LogP contribution in [0.15, 0.2) is 59.7 Å². The number of hydrogen-bond donors (Lipinski definition) is 0. The van der Waals surface area contributed by atoms with Crippen molar-refractivity contribution in [1.82, 2.24) is 14.5 Å². The first-order valence-corrected chi connectivity index (χ1v) is 9.62. The van der Waals surface area contributed by atoms with E-state index in [1.54, 1.807) is 29.2 Å². The number of piperidine rings is 1. The summed E-state index contributed by atoms with van der Waals surface area (Å²) in [5, 5.41) is 0.483. The van der Waals surface area contributed by atoms with E-state index in [2.05, 4.69) is 4.98 Å². The van der Waals surface area contributed by atoms with Crippen LogP contribution in [0.2, 0.25) is 0 Å². The molecule has 1 unspecified atom stereocenters. The number of hydrogen-bond acceptors (Lipinski definition) is 5. The van der Waals surface area contributed by atoms with Crippen LogP contribution in [0, 0.1) is 0 Å². The second-order valence-corrected chi connectivity index (χ2v) is 7.54. The summed E-state index contributed by atoms with van der Waals surface area (Å²) >= 11 is 0. The quantitative estimate of drug-likeness (QED) is 0.627. The van der Waals surface area contributed by atoms with Gasteiger partial charge in [-0.15, -0.1) is 0 Å². The van der Waals surface area contributed by atoms with Crippen LogP contribution < -0.4 is 5.56 Å². The van der Waals surface area contributed by atoms with Crippen molar-refractivity contribution in [3.63, 3.8) is 0 Å². The normalized spacial score (nSPS) is 20.7. The molecule has 0 N–H and O–H groups in total. The third-order valence-corrected chi connectivity index (χ3v) is 5.77. The number of nitrogens with zero attached hydrogens (tertiary/aromatic N) is 3. The number of fused-ring (bicyclic) bond motifs is 3. The molecule has 2 aromatic carbocycles. The second-order valence-electron chi connectivity index (χ2n) is 7.54. The lowest BCUT2D eigenvalue weighted by atomic mass is 9.85. The average Bonchev–Trinajstić information content (AvgIpc) is 3.01. The summed E-state index contributed by atoms with van der Waals surface area (Å²) in [4.78, 5) is 43.9. The lowest BCUT2D eigenvalue weighted by molar-refractivity contribution is -0.139. The Morgan fingerprint density at radius 2 is 1.90 bits per heavy atom. The lowest BCUT2D eigenvalue weighted by Gasteiger charge is -2.39. The number of likely N-dealkylation sites (tertiary alicyclic amines) is 1. The van der Waals surface area contributed by atoms with E-state index in [0.29, 0.717) is 36.0 Å². The number of aromatic nitrogens is 2. The fraction of sp³-hybridized carbons (Fsp3) is 0.273. The van der Waals surface area contributed by atoms with Gasteiger partial charge in [-0.2, -0.15) is 0 Å². The van der Waals surface area contributed by atoms with E-state index in [1.165, 1.54) is 10.9 Å². The van der Waals surface area contributed by atoms with Gasteiger partial charge < -0.3 is 9.64 Å². The highest BCUT2D eigenvalue weighted by atomic mass is 16.6. The highest BCUT2D eigenvalue weighted by molar-refractivity contribution is 5.95. The first-order chi connectivity index (χ1) is 14.1. The van der Waals surface area contributed by atoms with Gasteiger partial charge in [0.25, 0.3) is 5.56 Å². The van der Waals surface area contributed by atoms with Crippen molar-refractivity contribution in [2.24, 2.45) is 0 Å². The Kier molecular flexibility index (Phi) is 3.97. The maximum atomic E-state index is 13.0. The van der Waals surface area contributed by atoms with Crippen LogP contribution in [-0.2, 0) is 21.7 Å². The molecule has 1 atom stereocenters. The minimum Gasteiger partial charge on any atom is -0.449 e. The van der Waals surface area contributed by atoms with Crippen molar-refractivity contribution < 1.29 is 14.3 Å². The lowest BCUT2D eigenvalue weighted by Crippen LogP contribution is -2.50. The predicted octanol–water partition coefficient (Wildman–Crippen LogP) is 2.08. The van der Waals surface area contributed by atoms with Gasteiger partial charge in [-0.25, -0.2) is 9.78 Å². The van der Waals surface area contributed by atoms with Crippen LogP contribution in [0.5, 0.6) is 0 Å². The van der Waals surface area contributed by atoms with Gasteiger partial charge in [0.2, 0.25) is 5.91 Å². The molecular formula is C22H19N3O4. The number of carbonyl (C=O) groups is 2. The molecule has 5 rings (SSSR count). The summed E-state index contributed by atoms with van der Waals surface area (Å²) in [5.41, 5.74) is 0.971. The summed E-state index contributed by atoms with van der Waals surface area (Å²) in [7, 11) is 0. The van der Waals surface area contributed by atoms with Crippen LogP contribution in [0.1, 0.15) is 28.8 Å². The number of ether oxygens (including phenoxy) is 1. The molecule has 1 fully saturated rings. The van der Waals surface area contributed by atoms with Crippen LogP contribution in [0.25, 0.3) is 10.9 Å². The third-order valence-electron chi connectivity index (χ3n) is 5.77. The van der Waals surface area contributed by atoms with Gasteiger partial charge in [-0.05, 0) is 31.0 Å². The van der Waals surface area contributed by atoms with E-state index >= 15 is 0 Å². The number of para-hydroxylation sites is 1. The Morgan fingerprint density at radius 1 is 1.10 bits per heavy atom. The molecule has 1 aromatic heterocycles. The fourth-order valence-corrected chi connectivity index (χ4v) is 4.35. The molecule has 7 nitrogen and oxygen atoms in total. The molecule has 0 saturated carbocycles. The van der Waals surface area contributed by atoms with E-state index in [-0.39, 0.29) is 24.0 Å². The summed E-state index contributed by atoms with van der Waals surface area (Å²) in [5.74, 6) is -0.534. The number of rotatable bonds is 2. The van der Waals surface area contributed by atoms with E-state index < -0.39 is 5.60 Å². The molecule has 146 valence electrons. The summed E-state index contributed by atoms with van der Waals surface area (Å²) < 4.78 is 7.09. The van der Waals surface area contributed by atoms with E-state index in [1.807, 2.05) is 24.3 Å². The zero-order chi connectivity index (χ0) is 20.0. The average molecular weight is 389 g/mol. The number of amides is 1. The van der Waals surface area contributed by atoms with E-state index in [4.69, 9.17) is 4.74 Å². The van der Waals surface area contributed by atoms with Crippen molar-refractivity contribution in [2.45, 2.75) is 25.0 Å². The number of benzene rings is 2. The van der Waals surface area contributed by atoms with Crippen molar-refractivity contribution >= 4 is 22.8 Å². The molecule has 3 aromatic rings. The van der Waals surface area contributed by atoms with Crippen molar-refractivity contribution in [3.05, 3.63) is 76.3 Å². The molecule has 7 heteroatoms. The first-order valence-electron chi connectivity index (χ1n) is 9.62. The summed E-state index contributed by atoms with van der Waals surface area (Å²) in [6, 6.07) is 14.4. The smallest absolute Gasteiger partial charge is 0.339 e. The Balaban J connectivity index is 1.41. The molecule has 2 aliphatic rings. The van der Waals surface area contributed by atoms with Gasteiger partial charge in [0.15, 0.2) is 5.60 Å². The molecule has 0 aliphatic carbocycles. The molecule has 0 bridgehead atoms. The number of carbonyl (C=O) groups excluding carboxylic acids is 2. The zero-order valence-electron chi connectivity index (χ0n) is 15.7. The van der Waals surface area contributed by atoms with Gasteiger partial charge in [0.05, 0.1) is 29.3 Å². The molecule has 2 aliphatic heterocycles. The largest absolute Gasteiger partial charge is 0.449 e. The Morgan fingerprint density at radius 3 is 2.79 bits per heavy atom. The van der Waals surface area contributed by atoms with Gasteiger partial charge in [0.1, 0.15) is 6.54 Å². The SMILES string of the molecule is O=C1OC2(CCCN(C(=O)Cn3cnc4ccccc4c3=O)C2)c2ccccc21. The van der Waals surface area contributed by atoms with E-state index in [0.717, 1.165) is 12.0 Å². The molecule has 1 amide bonds. The van der Waals surface area contributed by atoms with Gasteiger partial charge >= 0.3 is 5.97 Å². The van der Waals surface area contributed by atoms with Crippen molar-refractivity contribution in [1.29, 1.82) is 0 Å². The maximum absolute atomic E-state index is 13.0. The van der Waals surface area contributed by atoms with Crippen LogP contribution >= 0.6 is 0 Å². The minimum atomic E-state index is -0.797. The number of esters is 1. The van der Waals surface area contributed by atoms with Crippen LogP contribution in [0.3, 0.4) is 0 Å². The molecule has 1 saturated heterocycles. The van der Waals surface area contributed by atoms with Crippen molar-refractivity contribution in [3.8, 4) is 0 Å². The van der Waals surface area contributed by atoms with Crippen LogP contribution in [0.4, 0.5) is 0 Å². The summed E-state index contributed by atoms with van der Waals surface area (Å²) in [6.45, 7) is 0.767. The molecule has 3 heterocycles. The van der Waals surface area contributed by atoms with Crippen LogP contribution in [-0.4, -0.2) is 39.4 Å².